The second kappa shape index (κ2) is 7.69. The van der Waals surface area contributed by atoms with E-state index in [9.17, 15) is 5.11 Å². The van der Waals surface area contributed by atoms with E-state index in [0.29, 0.717) is 10.7 Å². The van der Waals surface area contributed by atoms with Crippen LogP contribution < -0.4 is 5.32 Å². The molecule has 0 spiro atoms. The second-order valence-electron chi connectivity index (χ2n) is 7.21. The number of pyridine rings is 1. The number of benzene rings is 1. The first-order valence-electron chi connectivity index (χ1n) is 9.58. The van der Waals surface area contributed by atoms with Crippen LogP contribution >= 0.6 is 23.8 Å². The number of nitrogens with zero attached hydrogens (tertiary/aromatic N) is 3. The van der Waals surface area contributed by atoms with Crippen LogP contribution in [0.5, 0.6) is 5.75 Å². The van der Waals surface area contributed by atoms with Crippen LogP contribution in [0.25, 0.3) is 5.69 Å². The molecule has 2 atom stereocenters. The predicted octanol–water partition coefficient (Wildman–Crippen LogP) is 4.84. The lowest BCUT2D eigenvalue weighted by molar-refractivity contribution is 0.329. The number of likely N-dealkylation sites (N-methyl/N-ethyl adjacent to an activating group) is 1. The SMILES string of the molecule is CCN1C(=S)N[C@H](c2ccccn2)[C@@H]1c1cc(C)n(-c2cc(Cl)ccc2O)c1C. The summed E-state index contributed by atoms with van der Waals surface area (Å²) >= 11 is 11.8. The first kappa shape index (κ1) is 19.7. The van der Waals surface area contributed by atoms with Gasteiger partial charge in [0.05, 0.1) is 23.5 Å². The molecule has 7 heteroatoms. The summed E-state index contributed by atoms with van der Waals surface area (Å²) in [5.41, 5.74) is 4.82. The van der Waals surface area contributed by atoms with Crippen molar-refractivity contribution in [3.05, 3.63) is 76.3 Å². The van der Waals surface area contributed by atoms with Gasteiger partial charge in [0.1, 0.15) is 5.75 Å². The Bertz CT molecular complexity index is 1070. The highest BCUT2D eigenvalue weighted by Gasteiger charge is 2.40. The molecule has 3 aromatic rings. The van der Waals surface area contributed by atoms with Gasteiger partial charge in [-0.05, 0) is 75.0 Å². The normalized spacial score (nSPS) is 18.9. The maximum absolute atomic E-state index is 10.4. The summed E-state index contributed by atoms with van der Waals surface area (Å²) in [6, 6.07) is 13.1. The van der Waals surface area contributed by atoms with Crippen LogP contribution in [0, 0.1) is 13.8 Å². The van der Waals surface area contributed by atoms with Gasteiger partial charge in [-0.25, -0.2) is 0 Å². The van der Waals surface area contributed by atoms with E-state index in [1.807, 2.05) is 29.7 Å². The predicted molar refractivity (Wildman–Crippen MR) is 120 cm³/mol. The Hall–Kier alpha value is -2.57. The van der Waals surface area contributed by atoms with Crippen LogP contribution in [-0.4, -0.2) is 31.2 Å². The molecular formula is C22H23ClN4OS. The van der Waals surface area contributed by atoms with Crippen molar-refractivity contribution >= 4 is 28.9 Å². The average molecular weight is 427 g/mol. The van der Waals surface area contributed by atoms with Crippen molar-refractivity contribution < 1.29 is 5.11 Å². The molecule has 4 rings (SSSR count). The molecule has 29 heavy (non-hydrogen) atoms. The van der Waals surface area contributed by atoms with Gasteiger partial charge in [0, 0.05) is 29.2 Å². The summed E-state index contributed by atoms with van der Waals surface area (Å²) < 4.78 is 2.04. The molecule has 1 aliphatic rings. The van der Waals surface area contributed by atoms with E-state index in [4.69, 9.17) is 23.8 Å². The standard InChI is InChI=1S/C22H23ClN4OS/c1-4-26-21(20(25-22(26)29)17-7-5-6-10-24-17)16-11-13(2)27(14(16)3)18-12-15(23)8-9-19(18)28/h5-12,20-21,28H,4H2,1-3H3,(H,25,29)/t20-,21+/m1/s1. The first-order chi connectivity index (χ1) is 13.9. The largest absolute Gasteiger partial charge is 0.506 e. The van der Waals surface area contributed by atoms with Crippen LogP contribution in [0.1, 0.15) is 41.7 Å². The number of aromatic nitrogens is 2. The van der Waals surface area contributed by atoms with Crippen LogP contribution in [-0.2, 0) is 0 Å². The molecule has 0 radical (unpaired) electrons. The molecule has 150 valence electrons. The van der Waals surface area contributed by atoms with Gasteiger partial charge in [-0.1, -0.05) is 17.7 Å². The fourth-order valence-corrected chi connectivity index (χ4v) is 4.75. The Morgan fingerprint density at radius 1 is 1.21 bits per heavy atom. The molecule has 1 aliphatic heterocycles. The van der Waals surface area contributed by atoms with Gasteiger partial charge < -0.3 is 19.9 Å². The lowest BCUT2D eigenvalue weighted by Gasteiger charge is -2.27. The van der Waals surface area contributed by atoms with Gasteiger partial charge in [-0.15, -0.1) is 0 Å². The van der Waals surface area contributed by atoms with Crippen molar-refractivity contribution in [3.63, 3.8) is 0 Å². The Morgan fingerprint density at radius 3 is 2.69 bits per heavy atom. The lowest BCUT2D eigenvalue weighted by atomic mass is 9.97. The van der Waals surface area contributed by atoms with E-state index in [1.54, 1.807) is 24.4 Å². The summed E-state index contributed by atoms with van der Waals surface area (Å²) in [5, 5.41) is 15.2. The zero-order chi connectivity index (χ0) is 20.7. The van der Waals surface area contributed by atoms with Crippen molar-refractivity contribution in [2.24, 2.45) is 0 Å². The molecule has 2 aromatic heterocycles. The molecule has 3 heterocycles. The highest BCUT2D eigenvalue weighted by molar-refractivity contribution is 7.80. The number of aryl methyl sites for hydroxylation is 1. The van der Waals surface area contributed by atoms with Crippen molar-refractivity contribution in [2.75, 3.05) is 6.54 Å². The maximum atomic E-state index is 10.4. The number of halogens is 1. The number of thiocarbonyl (C=S) groups is 1. The molecule has 1 saturated heterocycles. The number of rotatable bonds is 4. The minimum absolute atomic E-state index is 0.00340. The van der Waals surface area contributed by atoms with Gasteiger partial charge in [0.2, 0.25) is 0 Å². The smallest absolute Gasteiger partial charge is 0.170 e. The fourth-order valence-electron chi connectivity index (χ4n) is 4.22. The van der Waals surface area contributed by atoms with Crippen molar-refractivity contribution in [1.82, 2.24) is 19.8 Å². The number of hydrogen-bond donors (Lipinski definition) is 2. The second-order valence-corrected chi connectivity index (χ2v) is 8.03. The fraction of sp³-hybridized carbons (Fsp3) is 0.273. The number of aromatic hydroxyl groups is 1. The highest BCUT2D eigenvalue weighted by Crippen LogP contribution is 2.41. The highest BCUT2D eigenvalue weighted by atomic mass is 35.5. The van der Waals surface area contributed by atoms with E-state index in [-0.39, 0.29) is 17.8 Å². The molecule has 0 amide bonds. The number of hydrogen-bond acceptors (Lipinski definition) is 3. The summed E-state index contributed by atoms with van der Waals surface area (Å²) in [4.78, 5) is 6.76. The third kappa shape index (κ3) is 3.36. The Morgan fingerprint density at radius 2 is 2.00 bits per heavy atom. The molecule has 0 saturated carbocycles. The van der Waals surface area contributed by atoms with Crippen molar-refractivity contribution in [3.8, 4) is 11.4 Å². The molecule has 0 unspecified atom stereocenters. The van der Waals surface area contributed by atoms with Crippen LogP contribution in [0.2, 0.25) is 5.02 Å². The molecule has 0 bridgehead atoms. The van der Waals surface area contributed by atoms with Crippen LogP contribution in [0.15, 0.2) is 48.7 Å². The minimum Gasteiger partial charge on any atom is -0.506 e. The van der Waals surface area contributed by atoms with Crippen molar-refractivity contribution in [1.29, 1.82) is 0 Å². The maximum Gasteiger partial charge on any atom is 0.170 e. The number of phenolic OH excluding ortho intramolecular Hbond substituents is 1. The first-order valence-corrected chi connectivity index (χ1v) is 10.4. The van der Waals surface area contributed by atoms with Crippen LogP contribution in [0.3, 0.4) is 0 Å². The summed E-state index contributed by atoms with van der Waals surface area (Å²) in [6.07, 6.45) is 1.80. The topological polar surface area (TPSA) is 53.3 Å². The molecule has 0 aliphatic carbocycles. The molecule has 1 aromatic carbocycles. The average Bonchev–Trinajstić information content (AvgIpc) is 3.19. The number of phenols is 1. The van der Waals surface area contributed by atoms with Crippen molar-refractivity contribution in [2.45, 2.75) is 32.9 Å². The third-order valence-corrected chi connectivity index (χ3v) is 6.09. The quantitative estimate of drug-likeness (QED) is 0.584. The lowest BCUT2D eigenvalue weighted by Crippen LogP contribution is -2.29. The summed E-state index contributed by atoms with van der Waals surface area (Å²) in [5.74, 6) is 0.191. The van der Waals surface area contributed by atoms with Gasteiger partial charge in [0.25, 0.3) is 0 Å². The van der Waals surface area contributed by atoms with E-state index in [0.717, 1.165) is 34.3 Å². The summed E-state index contributed by atoms with van der Waals surface area (Å²) in [7, 11) is 0. The monoisotopic (exact) mass is 426 g/mol. The van der Waals surface area contributed by atoms with E-state index in [1.165, 1.54) is 0 Å². The minimum atomic E-state index is -0.0504. The zero-order valence-corrected chi connectivity index (χ0v) is 18.1. The Labute approximate surface area is 180 Å². The van der Waals surface area contributed by atoms with E-state index >= 15 is 0 Å². The Kier molecular flexibility index (Phi) is 5.23. The Balaban J connectivity index is 1.86. The molecule has 5 nitrogen and oxygen atoms in total. The summed E-state index contributed by atoms with van der Waals surface area (Å²) in [6.45, 7) is 6.98. The molecule has 1 fully saturated rings. The van der Waals surface area contributed by atoms with Gasteiger partial charge in [0.15, 0.2) is 5.11 Å². The molecule has 2 N–H and O–H groups in total. The van der Waals surface area contributed by atoms with Gasteiger partial charge in [-0.3, -0.25) is 4.98 Å². The van der Waals surface area contributed by atoms with Crippen LogP contribution in [0.4, 0.5) is 0 Å². The third-order valence-electron chi connectivity index (χ3n) is 5.51. The van der Waals surface area contributed by atoms with E-state index < -0.39 is 0 Å². The zero-order valence-electron chi connectivity index (χ0n) is 16.6. The van der Waals surface area contributed by atoms with Gasteiger partial charge >= 0.3 is 0 Å². The van der Waals surface area contributed by atoms with Gasteiger partial charge in [-0.2, -0.15) is 0 Å². The number of nitrogens with one attached hydrogen (secondary N) is 1. The molecular weight excluding hydrogens is 404 g/mol. The van der Waals surface area contributed by atoms with E-state index in [2.05, 4.69) is 35.1 Å².